The molecule has 1 amide bonds. The molecule has 0 unspecified atom stereocenters. The van der Waals surface area contributed by atoms with Crippen molar-refractivity contribution in [1.29, 1.82) is 0 Å². The second-order valence-electron chi connectivity index (χ2n) is 3.97. The predicted octanol–water partition coefficient (Wildman–Crippen LogP) is 2.49. The molecule has 0 aliphatic rings. The van der Waals surface area contributed by atoms with Gasteiger partial charge < -0.3 is 19.5 Å². The third-order valence-electron chi connectivity index (χ3n) is 2.26. The minimum absolute atomic E-state index is 0.0862. The van der Waals surface area contributed by atoms with Gasteiger partial charge >= 0.3 is 0 Å². The Kier molecular flexibility index (Phi) is 9.35. The standard InChI is InChI=1S/C14H20INO4/c1-12(17)16-13-2-4-14(5-3-13)20-11-10-19-9-8-18-7-6-15/h2-5H,6-11H2,1H3,(H,16,17). The lowest BCUT2D eigenvalue weighted by atomic mass is 10.3. The molecule has 5 nitrogen and oxygen atoms in total. The minimum atomic E-state index is -0.0862. The molecule has 0 bridgehead atoms. The van der Waals surface area contributed by atoms with Crippen LogP contribution in [-0.4, -0.2) is 43.4 Å². The van der Waals surface area contributed by atoms with Gasteiger partial charge in [0.25, 0.3) is 0 Å². The maximum absolute atomic E-state index is 10.9. The number of benzene rings is 1. The van der Waals surface area contributed by atoms with Crippen molar-refractivity contribution in [3.05, 3.63) is 24.3 Å². The first-order chi connectivity index (χ1) is 9.72. The van der Waals surface area contributed by atoms with Crippen molar-refractivity contribution in [2.75, 3.05) is 42.8 Å². The molecule has 6 heteroatoms. The predicted molar refractivity (Wildman–Crippen MR) is 86.8 cm³/mol. The Morgan fingerprint density at radius 2 is 1.65 bits per heavy atom. The average Bonchev–Trinajstić information content (AvgIpc) is 2.43. The van der Waals surface area contributed by atoms with E-state index in [1.807, 2.05) is 12.1 Å². The zero-order valence-corrected chi connectivity index (χ0v) is 13.7. The smallest absolute Gasteiger partial charge is 0.221 e. The van der Waals surface area contributed by atoms with Gasteiger partial charge in [-0.25, -0.2) is 0 Å². The Labute approximate surface area is 133 Å². The summed E-state index contributed by atoms with van der Waals surface area (Å²) in [5, 5.41) is 2.70. The fourth-order valence-corrected chi connectivity index (χ4v) is 1.74. The maximum atomic E-state index is 10.9. The molecular formula is C14H20INO4. The molecule has 0 fully saturated rings. The fraction of sp³-hybridized carbons (Fsp3) is 0.500. The van der Waals surface area contributed by atoms with Crippen molar-refractivity contribution >= 4 is 34.2 Å². The van der Waals surface area contributed by atoms with Crippen LogP contribution in [0.1, 0.15) is 6.92 Å². The number of carbonyl (C=O) groups excluding carboxylic acids is 1. The number of carbonyl (C=O) groups is 1. The van der Waals surface area contributed by atoms with Crippen LogP contribution in [0.5, 0.6) is 5.75 Å². The van der Waals surface area contributed by atoms with Gasteiger partial charge in [-0.2, -0.15) is 0 Å². The molecular weight excluding hydrogens is 373 g/mol. The first kappa shape index (κ1) is 17.2. The van der Waals surface area contributed by atoms with Gasteiger partial charge in [-0.3, -0.25) is 4.79 Å². The van der Waals surface area contributed by atoms with E-state index in [-0.39, 0.29) is 5.91 Å². The highest BCUT2D eigenvalue weighted by Crippen LogP contribution is 2.15. The highest BCUT2D eigenvalue weighted by Gasteiger charge is 1.97. The van der Waals surface area contributed by atoms with Crippen molar-refractivity contribution in [1.82, 2.24) is 0 Å². The van der Waals surface area contributed by atoms with E-state index in [4.69, 9.17) is 14.2 Å². The van der Waals surface area contributed by atoms with E-state index in [2.05, 4.69) is 27.9 Å². The molecule has 1 aromatic carbocycles. The number of alkyl halides is 1. The normalized spacial score (nSPS) is 10.3. The van der Waals surface area contributed by atoms with Gasteiger partial charge in [0.05, 0.1) is 26.4 Å². The van der Waals surface area contributed by atoms with Crippen LogP contribution < -0.4 is 10.1 Å². The Hall–Kier alpha value is -0.860. The molecule has 0 heterocycles. The van der Waals surface area contributed by atoms with E-state index >= 15 is 0 Å². The number of hydrogen-bond acceptors (Lipinski definition) is 4. The molecule has 0 aliphatic carbocycles. The number of hydrogen-bond donors (Lipinski definition) is 1. The molecule has 112 valence electrons. The van der Waals surface area contributed by atoms with Crippen LogP contribution in [0.3, 0.4) is 0 Å². The Morgan fingerprint density at radius 1 is 1.05 bits per heavy atom. The molecule has 0 spiro atoms. The number of amides is 1. The molecule has 0 saturated heterocycles. The summed E-state index contributed by atoms with van der Waals surface area (Å²) < 4.78 is 17.2. The molecule has 20 heavy (non-hydrogen) atoms. The Morgan fingerprint density at radius 3 is 2.25 bits per heavy atom. The molecule has 0 aliphatic heterocycles. The van der Waals surface area contributed by atoms with Crippen LogP contribution >= 0.6 is 22.6 Å². The van der Waals surface area contributed by atoms with Crippen molar-refractivity contribution in [2.45, 2.75) is 6.92 Å². The van der Waals surface area contributed by atoms with Crippen molar-refractivity contribution < 1.29 is 19.0 Å². The fourth-order valence-electron chi connectivity index (χ4n) is 1.43. The van der Waals surface area contributed by atoms with E-state index in [1.165, 1.54) is 6.92 Å². The first-order valence-electron chi connectivity index (χ1n) is 6.44. The van der Waals surface area contributed by atoms with Gasteiger partial charge in [0, 0.05) is 17.0 Å². The number of anilines is 1. The van der Waals surface area contributed by atoms with Crippen molar-refractivity contribution in [2.24, 2.45) is 0 Å². The zero-order valence-electron chi connectivity index (χ0n) is 11.6. The Balaban J connectivity index is 2.08. The number of rotatable bonds is 10. The molecule has 1 rings (SSSR count). The van der Waals surface area contributed by atoms with Crippen LogP contribution in [0.2, 0.25) is 0 Å². The van der Waals surface area contributed by atoms with Crippen LogP contribution in [0, 0.1) is 0 Å². The van der Waals surface area contributed by atoms with E-state index in [0.717, 1.165) is 22.5 Å². The van der Waals surface area contributed by atoms with Gasteiger partial charge in [-0.05, 0) is 24.3 Å². The minimum Gasteiger partial charge on any atom is -0.491 e. The lowest BCUT2D eigenvalue weighted by Gasteiger charge is -2.08. The van der Waals surface area contributed by atoms with Crippen molar-refractivity contribution in [3.8, 4) is 5.75 Å². The molecule has 1 aromatic rings. The Bertz CT molecular complexity index is 383. The summed E-state index contributed by atoms with van der Waals surface area (Å²) >= 11 is 2.27. The summed E-state index contributed by atoms with van der Waals surface area (Å²) in [5.41, 5.74) is 0.758. The van der Waals surface area contributed by atoms with Crippen LogP contribution in [0.25, 0.3) is 0 Å². The van der Waals surface area contributed by atoms with E-state index in [1.54, 1.807) is 12.1 Å². The van der Waals surface area contributed by atoms with E-state index in [0.29, 0.717) is 26.4 Å². The second-order valence-corrected chi connectivity index (χ2v) is 5.05. The summed E-state index contributed by atoms with van der Waals surface area (Å²) in [6.07, 6.45) is 0. The van der Waals surface area contributed by atoms with Crippen molar-refractivity contribution in [3.63, 3.8) is 0 Å². The summed E-state index contributed by atoms with van der Waals surface area (Å²) in [5.74, 6) is 0.667. The largest absolute Gasteiger partial charge is 0.491 e. The molecule has 0 radical (unpaired) electrons. The van der Waals surface area contributed by atoms with Gasteiger partial charge in [-0.15, -0.1) is 0 Å². The summed E-state index contributed by atoms with van der Waals surface area (Å²) in [6, 6.07) is 7.23. The van der Waals surface area contributed by atoms with Crippen LogP contribution in [0.15, 0.2) is 24.3 Å². The quantitative estimate of drug-likeness (QED) is 0.377. The summed E-state index contributed by atoms with van der Waals surface area (Å²) in [7, 11) is 0. The van der Waals surface area contributed by atoms with E-state index < -0.39 is 0 Å². The molecule has 0 saturated carbocycles. The topological polar surface area (TPSA) is 56.8 Å². The maximum Gasteiger partial charge on any atom is 0.221 e. The van der Waals surface area contributed by atoms with E-state index in [9.17, 15) is 4.79 Å². The SMILES string of the molecule is CC(=O)Nc1ccc(OCCOCCOCCI)cc1. The number of halogens is 1. The molecule has 1 N–H and O–H groups in total. The summed E-state index contributed by atoms with van der Waals surface area (Å²) in [4.78, 5) is 10.9. The lowest BCUT2D eigenvalue weighted by molar-refractivity contribution is -0.114. The highest BCUT2D eigenvalue weighted by molar-refractivity contribution is 14.1. The molecule has 0 atom stereocenters. The third kappa shape index (κ3) is 8.34. The zero-order chi connectivity index (χ0) is 14.6. The second kappa shape index (κ2) is 10.9. The number of nitrogens with one attached hydrogen (secondary N) is 1. The van der Waals surface area contributed by atoms with Gasteiger partial charge in [0.15, 0.2) is 0 Å². The number of ether oxygens (including phenoxy) is 3. The van der Waals surface area contributed by atoms with Gasteiger partial charge in [0.2, 0.25) is 5.91 Å². The lowest BCUT2D eigenvalue weighted by Crippen LogP contribution is -2.11. The van der Waals surface area contributed by atoms with Gasteiger partial charge in [0.1, 0.15) is 12.4 Å². The third-order valence-corrected chi connectivity index (χ3v) is 2.70. The highest BCUT2D eigenvalue weighted by atomic mass is 127. The first-order valence-corrected chi connectivity index (χ1v) is 7.97. The van der Waals surface area contributed by atoms with Crippen LogP contribution in [0.4, 0.5) is 5.69 Å². The molecule has 0 aromatic heterocycles. The van der Waals surface area contributed by atoms with Gasteiger partial charge in [-0.1, -0.05) is 22.6 Å². The monoisotopic (exact) mass is 393 g/mol. The van der Waals surface area contributed by atoms with Crippen LogP contribution in [-0.2, 0) is 14.3 Å². The average molecular weight is 393 g/mol. The summed E-state index contributed by atoms with van der Waals surface area (Å²) in [6.45, 7) is 4.47.